The summed E-state index contributed by atoms with van der Waals surface area (Å²) in [6.45, 7) is 1.90. The van der Waals surface area contributed by atoms with Crippen LogP contribution in [0.25, 0.3) is 11.3 Å². The normalized spacial score (nSPS) is 12.9. The zero-order valence-corrected chi connectivity index (χ0v) is 13.5. The van der Waals surface area contributed by atoms with Crippen molar-refractivity contribution in [3.8, 4) is 11.3 Å². The molecule has 0 aromatic carbocycles. The summed E-state index contributed by atoms with van der Waals surface area (Å²) in [4.78, 5) is 24.9. The zero-order chi connectivity index (χ0) is 16.5. The highest BCUT2D eigenvalue weighted by Gasteiger charge is 2.24. The minimum atomic E-state index is -0.163. The number of carbonyl (C=O) groups excluding carboxylic acids is 1. The molecule has 0 saturated heterocycles. The summed E-state index contributed by atoms with van der Waals surface area (Å²) in [6, 6.07) is 9.62. The lowest BCUT2D eigenvalue weighted by Crippen LogP contribution is -2.13. The minimum absolute atomic E-state index is 0.163. The van der Waals surface area contributed by atoms with Crippen molar-refractivity contribution in [1.82, 2.24) is 15.0 Å². The third kappa shape index (κ3) is 2.58. The van der Waals surface area contributed by atoms with Gasteiger partial charge in [-0.15, -0.1) is 0 Å². The molecule has 3 aromatic rings. The second-order valence-corrected chi connectivity index (χ2v) is 6.04. The summed E-state index contributed by atoms with van der Waals surface area (Å²) in [5.41, 5.74) is 5.60. The van der Waals surface area contributed by atoms with E-state index in [4.69, 9.17) is 0 Å². The molecule has 1 amide bonds. The predicted octanol–water partition coefficient (Wildman–Crippen LogP) is 3.52. The van der Waals surface area contributed by atoms with Gasteiger partial charge in [-0.05, 0) is 49.9 Å². The number of amides is 1. The first-order valence-corrected chi connectivity index (χ1v) is 8.12. The van der Waals surface area contributed by atoms with Crippen molar-refractivity contribution >= 4 is 11.7 Å². The van der Waals surface area contributed by atoms with Crippen molar-refractivity contribution in [2.45, 2.75) is 26.2 Å². The summed E-state index contributed by atoms with van der Waals surface area (Å²) in [6.07, 6.45) is 6.50. The number of hydrogen-bond acceptors (Lipinski definition) is 3. The van der Waals surface area contributed by atoms with Gasteiger partial charge in [0.05, 0.1) is 11.3 Å². The maximum absolute atomic E-state index is 12.8. The molecule has 1 aliphatic carbocycles. The maximum atomic E-state index is 12.8. The number of anilines is 1. The van der Waals surface area contributed by atoms with Gasteiger partial charge in [-0.2, -0.15) is 0 Å². The Hall–Kier alpha value is -2.95. The van der Waals surface area contributed by atoms with Crippen molar-refractivity contribution in [2.24, 2.45) is 0 Å². The van der Waals surface area contributed by atoms with E-state index in [1.807, 2.05) is 25.1 Å². The van der Waals surface area contributed by atoms with Crippen molar-refractivity contribution in [2.75, 3.05) is 5.32 Å². The molecule has 0 fully saturated rings. The standard InChI is InChI=1S/C19H18N4O/c1-12-5-2-9-16(22-12)23-19(24)14-11-21-15-8-3-6-13-7-4-10-20-18(13)17(14)15/h2,4-5,7,9-11,21H,3,6,8H2,1H3,(H,22,23,24). The summed E-state index contributed by atoms with van der Waals surface area (Å²) in [5, 5.41) is 2.89. The van der Waals surface area contributed by atoms with Gasteiger partial charge < -0.3 is 10.3 Å². The lowest BCUT2D eigenvalue weighted by Gasteiger charge is -2.09. The van der Waals surface area contributed by atoms with Crippen LogP contribution in [0, 0.1) is 6.92 Å². The third-order valence-corrected chi connectivity index (χ3v) is 4.34. The number of nitrogens with zero attached hydrogens (tertiary/aromatic N) is 2. The molecular formula is C19H18N4O. The van der Waals surface area contributed by atoms with Gasteiger partial charge in [0, 0.05) is 29.3 Å². The number of hydrogen-bond donors (Lipinski definition) is 2. The molecule has 0 spiro atoms. The second-order valence-electron chi connectivity index (χ2n) is 6.04. The number of aryl methyl sites for hydroxylation is 3. The molecular weight excluding hydrogens is 300 g/mol. The van der Waals surface area contributed by atoms with Crippen LogP contribution >= 0.6 is 0 Å². The molecule has 0 radical (unpaired) electrons. The summed E-state index contributed by atoms with van der Waals surface area (Å²) in [5.74, 6) is 0.397. The summed E-state index contributed by atoms with van der Waals surface area (Å²) >= 11 is 0. The van der Waals surface area contributed by atoms with Crippen LogP contribution in [0.1, 0.15) is 33.7 Å². The van der Waals surface area contributed by atoms with Gasteiger partial charge in [0.25, 0.3) is 5.91 Å². The lowest BCUT2D eigenvalue weighted by atomic mass is 10.0. The molecule has 4 rings (SSSR count). The molecule has 3 heterocycles. The van der Waals surface area contributed by atoms with Crippen LogP contribution in [0.15, 0.2) is 42.7 Å². The average Bonchev–Trinajstić information content (AvgIpc) is 2.91. The Morgan fingerprint density at radius 1 is 1.21 bits per heavy atom. The number of rotatable bonds is 2. The average molecular weight is 318 g/mol. The molecule has 5 heteroatoms. The molecule has 5 nitrogen and oxygen atoms in total. The van der Waals surface area contributed by atoms with E-state index < -0.39 is 0 Å². The van der Waals surface area contributed by atoms with E-state index in [0.29, 0.717) is 11.4 Å². The molecule has 0 unspecified atom stereocenters. The van der Waals surface area contributed by atoms with Crippen LogP contribution in [0.5, 0.6) is 0 Å². The first-order valence-electron chi connectivity index (χ1n) is 8.12. The fourth-order valence-corrected chi connectivity index (χ4v) is 3.23. The lowest BCUT2D eigenvalue weighted by molar-refractivity contribution is 0.102. The topological polar surface area (TPSA) is 70.7 Å². The summed E-state index contributed by atoms with van der Waals surface area (Å²) < 4.78 is 0. The smallest absolute Gasteiger partial charge is 0.259 e. The number of fused-ring (bicyclic) bond motifs is 3. The molecule has 3 aromatic heterocycles. The maximum Gasteiger partial charge on any atom is 0.259 e. The van der Waals surface area contributed by atoms with E-state index in [1.54, 1.807) is 18.5 Å². The Labute approximate surface area is 140 Å². The van der Waals surface area contributed by atoms with Gasteiger partial charge >= 0.3 is 0 Å². The molecule has 0 bridgehead atoms. The van der Waals surface area contributed by atoms with Gasteiger partial charge in [-0.1, -0.05) is 12.1 Å². The van der Waals surface area contributed by atoms with Crippen molar-refractivity contribution in [1.29, 1.82) is 0 Å². The van der Waals surface area contributed by atoms with Crippen LogP contribution in [0.2, 0.25) is 0 Å². The van der Waals surface area contributed by atoms with Crippen LogP contribution in [-0.2, 0) is 12.8 Å². The Morgan fingerprint density at radius 2 is 2.12 bits per heavy atom. The van der Waals surface area contributed by atoms with Crippen molar-refractivity contribution in [3.05, 3.63) is 65.2 Å². The number of H-pyrrole nitrogens is 1. The van der Waals surface area contributed by atoms with E-state index in [9.17, 15) is 4.79 Å². The molecule has 1 aliphatic rings. The highest BCUT2D eigenvalue weighted by molar-refractivity contribution is 6.08. The van der Waals surface area contributed by atoms with E-state index >= 15 is 0 Å². The Balaban J connectivity index is 1.74. The molecule has 24 heavy (non-hydrogen) atoms. The van der Waals surface area contributed by atoms with Crippen LogP contribution in [-0.4, -0.2) is 20.9 Å². The quantitative estimate of drug-likeness (QED) is 0.759. The number of carbonyl (C=O) groups is 1. The van der Waals surface area contributed by atoms with E-state index in [2.05, 4.69) is 26.3 Å². The van der Waals surface area contributed by atoms with Gasteiger partial charge in [0.15, 0.2) is 0 Å². The van der Waals surface area contributed by atoms with Crippen LogP contribution in [0.3, 0.4) is 0 Å². The number of aromatic nitrogens is 3. The van der Waals surface area contributed by atoms with Crippen molar-refractivity contribution < 1.29 is 4.79 Å². The van der Waals surface area contributed by atoms with Gasteiger partial charge in [-0.3, -0.25) is 9.78 Å². The second kappa shape index (κ2) is 5.92. The first-order chi connectivity index (χ1) is 11.7. The number of pyridine rings is 2. The van der Waals surface area contributed by atoms with Crippen molar-refractivity contribution in [3.63, 3.8) is 0 Å². The van der Waals surface area contributed by atoms with Gasteiger partial charge in [-0.25, -0.2) is 4.98 Å². The summed E-state index contributed by atoms with van der Waals surface area (Å²) in [7, 11) is 0. The monoisotopic (exact) mass is 318 g/mol. The van der Waals surface area contributed by atoms with E-state index in [1.165, 1.54) is 5.56 Å². The predicted molar refractivity (Wildman–Crippen MR) is 93.0 cm³/mol. The largest absolute Gasteiger partial charge is 0.364 e. The molecule has 0 aliphatic heterocycles. The Kier molecular flexibility index (Phi) is 3.61. The zero-order valence-electron chi connectivity index (χ0n) is 13.5. The van der Waals surface area contributed by atoms with Gasteiger partial charge in [0.1, 0.15) is 5.82 Å². The fourth-order valence-electron chi connectivity index (χ4n) is 3.23. The molecule has 120 valence electrons. The highest BCUT2D eigenvalue weighted by atomic mass is 16.1. The van der Waals surface area contributed by atoms with Crippen LogP contribution < -0.4 is 5.32 Å². The number of nitrogens with one attached hydrogen (secondary N) is 2. The van der Waals surface area contributed by atoms with E-state index in [-0.39, 0.29) is 5.91 Å². The minimum Gasteiger partial charge on any atom is -0.364 e. The highest BCUT2D eigenvalue weighted by Crippen LogP contribution is 2.33. The van der Waals surface area contributed by atoms with E-state index in [0.717, 1.165) is 41.9 Å². The molecule has 0 atom stereocenters. The Morgan fingerprint density at radius 3 is 3.00 bits per heavy atom. The fraction of sp³-hybridized carbons (Fsp3) is 0.211. The Bertz CT molecular complexity index is 913. The third-order valence-electron chi connectivity index (χ3n) is 4.34. The SMILES string of the molecule is Cc1cccc(NC(=O)c2c[nH]c3c2-c2ncccc2CCC3)n1. The molecule has 2 N–H and O–H groups in total. The first kappa shape index (κ1) is 14.6. The molecule has 0 saturated carbocycles. The van der Waals surface area contributed by atoms with Gasteiger partial charge in [0.2, 0.25) is 0 Å². The van der Waals surface area contributed by atoms with Crippen LogP contribution in [0.4, 0.5) is 5.82 Å². The number of aromatic amines is 1.